The van der Waals surface area contributed by atoms with Crippen LogP contribution in [0.3, 0.4) is 0 Å². The van der Waals surface area contributed by atoms with Crippen LogP contribution in [0.15, 0.2) is 22.9 Å². The zero-order valence-corrected chi connectivity index (χ0v) is 14.6. The third-order valence-corrected chi connectivity index (χ3v) is 5.29. The number of rotatable bonds is 3. The highest BCUT2D eigenvalue weighted by Gasteiger charge is 2.17. The first-order chi connectivity index (χ1) is 9.97. The molecule has 0 aliphatic rings. The van der Waals surface area contributed by atoms with Gasteiger partial charge in [-0.3, -0.25) is 0 Å². The van der Waals surface area contributed by atoms with E-state index < -0.39 is 0 Å². The summed E-state index contributed by atoms with van der Waals surface area (Å²) in [7, 11) is 0. The molecule has 0 radical (unpaired) electrons. The van der Waals surface area contributed by atoms with Gasteiger partial charge < -0.3 is 4.57 Å². The molecule has 1 aromatic carbocycles. The Morgan fingerprint density at radius 2 is 1.95 bits per heavy atom. The Kier molecular flexibility index (Phi) is 4.19. The average molecular weight is 360 g/mol. The zero-order chi connectivity index (χ0) is 15.1. The van der Waals surface area contributed by atoms with Crippen molar-refractivity contribution in [3.63, 3.8) is 0 Å². The lowest BCUT2D eigenvalue weighted by atomic mass is 10.2. The summed E-state index contributed by atoms with van der Waals surface area (Å²) in [5.41, 5.74) is 4.32. The summed E-state index contributed by atoms with van der Waals surface area (Å²) >= 11 is 20.2. The van der Waals surface area contributed by atoms with Gasteiger partial charge in [-0.05, 0) is 47.9 Å². The monoisotopic (exact) mass is 358 g/mol. The minimum atomic E-state index is -0.186. The Morgan fingerprint density at radius 3 is 2.57 bits per heavy atom. The van der Waals surface area contributed by atoms with Crippen molar-refractivity contribution in [3.05, 3.63) is 49.9 Å². The summed E-state index contributed by atoms with van der Waals surface area (Å²) in [4.78, 5) is 4.62. The Labute approximate surface area is 142 Å². The van der Waals surface area contributed by atoms with E-state index in [4.69, 9.17) is 34.8 Å². The van der Waals surface area contributed by atoms with Gasteiger partial charge >= 0.3 is 0 Å². The molecule has 0 aliphatic carbocycles. The van der Waals surface area contributed by atoms with Gasteiger partial charge in [0.25, 0.3) is 0 Å². The molecule has 0 aliphatic heterocycles. The number of aryl methyl sites for hydroxylation is 1. The fourth-order valence-corrected chi connectivity index (χ4v) is 3.66. The molecular weight excluding hydrogens is 347 g/mol. The lowest BCUT2D eigenvalue weighted by Gasteiger charge is -2.10. The van der Waals surface area contributed by atoms with Crippen LogP contribution in [-0.4, -0.2) is 9.55 Å². The molecule has 3 rings (SSSR count). The van der Waals surface area contributed by atoms with E-state index in [1.807, 2.05) is 13.0 Å². The van der Waals surface area contributed by atoms with E-state index >= 15 is 0 Å². The number of hydrogen-bond acceptors (Lipinski definition) is 2. The predicted molar refractivity (Wildman–Crippen MR) is 92.2 cm³/mol. The number of fused-ring (bicyclic) bond motifs is 1. The van der Waals surface area contributed by atoms with Gasteiger partial charge in [0.2, 0.25) is 0 Å². The Balaban J connectivity index is 2.20. The first-order valence-electron chi connectivity index (χ1n) is 6.48. The second-order valence-corrected chi connectivity index (χ2v) is 7.22. The average Bonchev–Trinajstić information content (AvgIpc) is 2.97. The Hall–Kier alpha value is -0.740. The SMILES string of the molecule is Cc1cscc1Cn1c(C(C)Cl)nc2cc(Cl)c(Cl)cc21. The number of benzene rings is 1. The Morgan fingerprint density at radius 1 is 1.24 bits per heavy atom. The molecule has 3 aromatic rings. The minimum absolute atomic E-state index is 0.186. The van der Waals surface area contributed by atoms with Crippen molar-refractivity contribution in [2.24, 2.45) is 0 Å². The quantitative estimate of drug-likeness (QED) is 0.520. The van der Waals surface area contributed by atoms with Crippen molar-refractivity contribution >= 4 is 57.2 Å². The van der Waals surface area contributed by atoms with Gasteiger partial charge in [0.1, 0.15) is 5.82 Å². The summed E-state index contributed by atoms with van der Waals surface area (Å²) in [5, 5.41) is 5.15. The van der Waals surface area contributed by atoms with Gasteiger partial charge in [0.05, 0.1) is 33.0 Å². The summed E-state index contributed by atoms with van der Waals surface area (Å²) in [5.74, 6) is 0.829. The van der Waals surface area contributed by atoms with Crippen LogP contribution in [0.2, 0.25) is 10.0 Å². The Bertz CT molecular complexity index is 805. The van der Waals surface area contributed by atoms with E-state index in [1.54, 1.807) is 17.4 Å². The van der Waals surface area contributed by atoms with Crippen LogP contribution in [0.5, 0.6) is 0 Å². The molecular formula is C15H13Cl3N2S. The van der Waals surface area contributed by atoms with Crippen molar-refractivity contribution in [3.8, 4) is 0 Å². The molecule has 0 saturated heterocycles. The number of imidazole rings is 1. The third-order valence-electron chi connectivity index (χ3n) is 3.47. The molecule has 0 fully saturated rings. The maximum atomic E-state index is 6.29. The summed E-state index contributed by atoms with van der Waals surface area (Å²) in [6, 6.07) is 3.65. The molecule has 6 heteroatoms. The van der Waals surface area contributed by atoms with Gasteiger partial charge in [0, 0.05) is 0 Å². The molecule has 2 nitrogen and oxygen atoms in total. The van der Waals surface area contributed by atoms with Crippen LogP contribution in [0.4, 0.5) is 0 Å². The van der Waals surface area contributed by atoms with Crippen LogP contribution >= 0.6 is 46.1 Å². The highest BCUT2D eigenvalue weighted by Crippen LogP contribution is 2.32. The first-order valence-corrected chi connectivity index (χ1v) is 8.62. The van der Waals surface area contributed by atoms with Gasteiger partial charge in [-0.2, -0.15) is 11.3 Å². The molecule has 0 amide bonds. The van der Waals surface area contributed by atoms with E-state index in [1.165, 1.54) is 11.1 Å². The minimum Gasteiger partial charge on any atom is -0.322 e. The zero-order valence-electron chi connectivity index (χ0n) is 11.5. The molecule has 1 atom stereocenters. The van der Waals surface area contributed by atoms with Crippen molar-refractivity contribution < 1.29 is 0 Å². The van der Waals surface area contributed by atoms with Crippen LogP contribution in [0.25, 0.3) is 11.0 Å². The number of nitrogens with zero attached hydrogens (tertiary/aromatic N) is 2. The lowest BCUT2D eigenvalue weighted by molar-refractivity contribution is 0.741. The predicted octanol–water partition coefficient (Wildman–Crippen LogP) is 6.06. The van der Waals surface area contributed by atoms with Crippen LogP contribution in [0.1, 0.15) is 29.3 Å². The topological polar surface area (TPSA) is 17.8 Å². The van der Waals surface area contributed by atoms with Crippen molar-refractivity contribution in [1.29, 1.82) is 0 Å². The van der Waals surface area contributed by atoms with Crippen molar-refractivity contribution in [1.82, 2.24) is 9.55 Å². The van der Waals surface area contributed by atoms with Gasteiger partial charge in [-0.1, -0.05) is 23.2 Å². The molecule has 0 bridgehead atoms. The standard InChI is InChI=1S/C15H13Cl3N2S/c1-8-6-21-7-10(8)5-20-14-4-12(18)11(17)3-13(14)19-15(20)9(2)16/h3-4,6-7,9H,5H2,1-2H3. The number of thiophene rings is 1. The largest absolute Gasteiger partial charge is 0.322 e. The van der Waals surface area contributed by atoms with E-state index in [0.29, 0.717) is 10.0 Å². The smallest absolute Gasteiger partial charge is 0.128 e. The van der Waals surface area contributed by atoms with Gasteiger partial charge in [-0.25, -0.2) is 4.98 Å². The first kappa shape index (κ1) is 15.2. The van der Waals surface area contributed by atoms with E-state index in [0.717, 1.165) is 23.4 Å². The van der Waals surface area contributed by atoms with Crippen molar-refractivity contribution in [2.45, 2.75) is 25.8 Å². The molecule has 0 N–H and O–H groups in total. The van der Waals surface area contributed by atoms with Gasteiger partial charge in [0.15, 0.2) is 0 Å². The molecule has 2 aromatic heterocycles. The normalized spacial score (nSPS) is 13.0. The van der Waals surface area contributed by atoms with Gasteiger partial charge in [-0.15, -0.1) is 11.6 Å². The van der Waals surface area contributed by atoms with Crippen LogP contribution < -0.4 is 0 Å². The fraction of sp³-hybridized carbons (Fsp3) is 0.267. The van der Waals surface area contributed by atoms with Crippen LogP contribution in [-0.2, 0) is 6.54 Å². The fourth-order valence-electron chi connectivity index (χ4n) is 2.33. The number of aromatic nitrogens is 2. The summed E-state index contributed by atoms with van der Waals surface area (Å²) < 4.78 is 2.12. The lowest BCUT2D eigenvalue weighted by Crippen LogP contribution is -2.06. The number of hydrogen-bond donors (Lipinski definition) is 0. The molecule has 110 valence electrons. The molecule has 1 unspecified atom stereocenters. The second-order valence-electron chi connectivity index (χ2n) is 5.01. The summed E-state index contributed by atoms with van der Waals surface area (Å²) in [6.07, 6.45) is 0. The van der Waals surface area contributed by atoms with E-state index in [2.05, 4.69) is 27.2 Å². The van der Waals surface area contributed by atoms with E-state index in [9.17, 15) is 0 Å². The highest BCUT2D eigenvalue weighted by atomic mass is 35.5. The maximum absolute atomic E-state index is 6.29. The number of halogens is 3. The molecule has 0 spiro atoms. The highest BCUT2D eigenvalue weighted by molar-refractivity contribution is 7.08. The van der Waals surface area contributed by atoms with Crippen LogP contribution in [0, 0.1) is 6.92 Å². The number of alkyl halides is 1. The third kappa shape index (κ3) is 2.80. The van der Waals surface area contributed by atoms with E-state index in [-0.39, 0.29) is 5.38 Å². The second kappa shape index (κ2) is 5.81. The maximum Gasteiger partial charge on any atom is 0.128 e. The van der Waals surface area contributed by atoms with Crippen molar-refractivity contribution in [2.75, 3.05) is 0 Å². The molecule has 21 heavy (non-hydrogen) atoms. The molecule has 0 saturated carbocycles. The molecule has 2 heterocycles. The summed E-state index contributed by atoms with van der Waals surface area (Å²) in [6.45, 7) is 4.76.